The average molecular weight is 443 g/mol. The number of hydrogen-bond donors (Lipinski definition) is 3. The molecule has 1 fully saturated rings. The van der Waals surface area contributed by atoms with Crippen LogP contribution in [0.4, 0.5) is 5.69 Å². The van der Waals surface area contributed by atoms with E-state index in [0.29, 0.717) is 35.3 Å². The minimum Gasteiger partial charge on any atom is -0.376 e. The number of benzene rings is 2. The lowest BCUT2D eigenvalue weighted by Crippen LogP contribution is -2.36. The van der Waals surface area contributed by atoms with Crippen LogP contribution in [-0.2, 0) is 16.1 Å². The number of hydrogen-bond acceptors (Lipinski definition) is 4. The smallest absolute Gasteiger partial charge is 0.257 e. The highest BCUT2D eigenvalue weighted by atomic mass is 35.5. The van der Waals surface area contributed by atoms with Crippen LogP contribution in [-0.4, -0.2) is 37.0 Å². The van der Waals surface area contributed by atoms with E-state index in [1.54, 1.807) is 24.3 Å². The third kappa shape index (κ3) is 7.08. The summed E-state index contributed by atoms with van der Waals surface area (Å²) in [5, 5.41) is 9.23. The lowest BCUT2D eigenvalue weighted by atomic mass is 10.1. The van der Waals surface area contributed by atoms with Crippen molar-refractivity contribution in [3.63, 3.8) is 0 Å². The number of guanidine groups is 1. The second-order valence-electron chi connectivity index (χ2n) is 7.49. The van der Waals surface area contributed by atoms with E-state index in [1.165, 1.54) is 6.92 Å². The van der Waals surface area contributed by atoms with Crippen molar-refractivity contribution in [1.29, 1.82) is 0 Å². The van der Waals surface area contributed by atoms with E-state index >= 15 is 0 Å². The number of rotatable bonds is 6. The number of carbonyl (C=O) groups is 2. The molecule has 8 heteroatoms. The molecule has 1 aliphatic heterocycles. The van der Waals surface area contributed by atoms with Crippen molar-refractivity contribution in [1.82, 2.24) is 10.6 Å². The number of nitrogens with zero attached hydrogens (tertiary/aromatic N) is 1. The first kappa shape index (κ1) is 22.8. The Kier molecular flexibility index (Phi) is 8.03. The van der Waals surface area contributed by atoms with Gasteiger partial charge in [-0.25, -0.2) is 4.99 Å². The molecule has 164 valence electrons. The van der Waals surface area contributed by atoms with Crippen LogP contribution in [0, 0.1) is 6.92 Å². The molecule has 3 rings (SSSR count). The van der Waals surface area contributed by atoms with Gasteiger partial charge in [-0.3, -0.25) is 14.9 Å². The van der Waals surface area contributed by atoms with Crippen LogP contribution in [0.2, 0.25) is 5.02 Å². The Hall–Kier alpha value is -2.90. The molecule has 0 saturated carbocycles. The fourth-order valence-corrected chi connectivity index (χ4v) is 3.40. The summed E-state index contributed by atoms with van der Waals surface area (Å²) in [6, 6.07) is 12.7. The van der Waals surface area contributed by atoms with Gasteiger partial charge < -0.3 is 15.4 Å². The zero-order chi connectivity index (χ0) is 22.2. The molecular formula is C23H27ClN4O3. The van der Waals surface area contributed by atoms with Crippen LogP contribution in [0.15, 0.2) is 47.5 Å². The van der Waals surface area contributed by atoms with Crippen LogP contribution >= 0.6 is 11.6 Å². The molecule has 2 amide bonds. The predicted octanol–water partition coefficient (Wildman–Crippen LogP) is 3.66. The van der Waals surface area contributed by atoms with Crippen molar-refractivity contribution in [3.8, 4) is 0 Å². The number of amides is 2. The van der Waals surface area contributed by atoms with E-state index < -0.39 is 0 Å². The Labute approximate surface area is 187 Å². The normalized spacial score (nSPS) is 16.1. The van der Waals surface area contributed by atoms with Gasteiger partial charge in [0.05, 0.1) is 23.4 Å². The highest BCUT2D eigenvalue weighted by Gasteiger charge is 2.16. The van der Waals surface area contributed by atoms with Crippen molar-refractivity contribution in [3.05, 3.63) is 64.2 Å². The standard InChI is InChI=1S/C23H27ClN4O3/c1-15-5-10-21(20(24)12-15)27-23(26-14-19-4-3-11-31-19)28-22(30)18-8-6-17(7-9-18)13-25-16(2)29/h5-10,12,19H,3-4,11,13-14H2,1-2H3,(H,25,29)(H2,26,27,28,30). The molecule has 1 unspecified atom stereocenters. The number of anilines is 1. The van der Waals surface area contributed by atoms with Gasteiger partial charge >= 0.3 is 0 Å². The fourth-order valence-electron chi connectivity index (χ4n) is 3.12. The molecule has 1 atom stereocenters. The Morgan fingerprint density at radius 2 is 1.97 bits per heavy atom. The number of ether oxygens (including phenoxy) is 1. The summed E-state index contributed by atoms with van der Waals surface area (Å²) in [6.07, 6.45) is 2.02. The molecule has 1 aliphatic rings. The number of aliphatic imine (C=N–C) groups is 1. The van der Waals surface area contributed by atoms with Gasteiger partial charge in [-0.2, -0.15) is 0 Å². The van der Waals surface area contributed by atoms with Gasteiger partial charge in [0.2, 0.25) is 11.9 Å². The zero-order valence-corrected chi connectivity index (χ0v) is 18.5. The summed E-state index contributed by atoms with van der Waals surface area (Å²) in [5.41, 5.74) is 3.08. The zero-order valence-electron chi connectivity index (χ0n) is 17.7. The van der Waals surface area contributed by atoms with Gasteiger partial charge in [-0.1, -0.05) is 29.8 Å². The number of halogens is 1. The maximum absolute atomic E-state index is 12.8. The Balaban J connectivity index is 1.71. The van der Waals surface area contributed by atoms with Crippen LogP contribution in [0.3, 0.4) is 0 Å². The Morgan fingerprint density at radius 3 is 2.61 bits per heavy atom. The SMILES string of the molecule is CC(=O)NCc1ccc(C(=O)NC(=NCC2CCCO2)Nc2ccc(C)cc2Cl)cc1. The summed E-state index contributed by atoms with van der Waals surface area (Å²) in [6.45, 7) is 5.02. The number of aryl methyl sites for hydroxylation is 1. The predicted molar refractivity (Wildman–Crippen MR) is 123 cm³/mol. The van der Waals surface area contributed by atoms with Crippen molar-refractivity contribution in [2.45, 2.75) is 39.3 Å². The minimum absolute atomic E-state index is 0.0512. The van der Waals surface area contributed by atoms with E-state index in [1.807, 2.05) is 25.1 Å². The first-order chi connectivity index (χ1) is 14.9. The maximum atomic E-state index is 12.8. The van der Waals surface area contributed by atoms with Gasteiger partial charge in [-0.05, 0) is 55.2 Å². The average Bonchev–Trinajstić information content (AvgIpc) is 3.26. The van der Waals surface area contributed by atoms with Crippen LogP contribution < -0.4 is 16.0 Å². The first-order valence-electron chi connectivity index (χ1n) is 10.2. The molecule has 31 heavy (non-hydrogen) atoms. The third-order valence-corrected chi connectivity index (χ3v) is 5.16. The molecule has 0 aromatic heterocycles. The molecule has 0 bridgehead atoms. The summed E-state index contributed by atoms with van der Waals surface area (Å²) in [7, 11) is 0. The first-order valence-corrected chi connectivity index (χ1v) is 10.6. The number of nitrogens with one attached hydrogen (secondary N) is 3. The van der Waals surface area contributed by atoms with Gasteiger partial charge in [-0.15, -0.1) is 0 Å². The summed E-state index contributed by atoms with van der Waals surface area (Å²) >= 11 is 6.34. The van der Waals surface area contributed by atoms with Gasteiger partial charge in [0.15, 0.2) is 0 Å². The van der Waals surface area contributed by atoms with E-state index in [2.05, 4.69) is 20.9 Å². The molecule has 0 spiro atoms. The topological polar surface area (TPSA) is 91.8 Å². The molecular weight excluding hydrogens is 416 g/mol. The highest BCUT2D eigenvalue weighted by Crippen LogP contribution is 2.22. The van der Waals surface area contributed by atoms with Crippen molar-refractivity contribution in [2.24, 2.45) is 4.99 Å². The molecule has 0 aliphatic carbocycles. The molecule has 1 heterocycles. The van der Waals surface area contributed by atoms with Crippen molar-refractivity contribution >= 4 is 35.1 Å². The van der Waals surface area contributed by atoms with E-state index in [-0.39, 0.29) is 17.9 Å². The van der Waals surface area contributed by atoms with E-state index in [4.69, 9.17) is 16.3 Å². The van der Waals surface area contributed by atoms with Crippen LogP contribution in [0.25, 0.3) is 0 Å². The van der Waals surface area contributed by atoms with Crippen molar-refractivity contribution in [2.75, 3.05) is 18.5 Å². The second kappa shape index (κ2) is 10.9. The summed E-state index contributed by atoms with van der Waals surface area (Å²) in [4.78, 5) is 28.4. The largest absolute Gasteiger partial charge is 0.376 e. The molecule has 1 saturated heterocycles. The monoisotopic (exact) mass is 442 g/mol. The minimum atomic E-state index is -0.298. The summed E-state index contributed by atoms with van der Waals surface area (Å²) < 4.78 is 5.63. The maximum Gasteiger partial charge on any atom is 0.257 e. The lowest BCUT2D eigenvalue weighted by Gasteiger charge is -2.15. The quantitative estimate of drug-likeness (QED) is 0.470. The molecule has 2 aromatic carbocycles. The van der Waals surface area contributed by atoms with Crippen molar-refractivity contribution < 1.29 is 14.3 Å². The Bertz CT molecular complexity index is 954. The Morgan fingerprint density at radius 1 is 1.19 bits per heavy atom. The highest BCUT2D eigenvalue weighted by molar-refractivity contribution is 6.34. The second-order valence-corrected chi connectivity index (χ2v) is 7.90. The molecule has 0 radical (unpaired) electrons. The lowest BCUT2D eigenvalue weighted by molar-refractivity contribution is -0.119. The fraction of sp³-hybridized carbons (Fsp3) is 0.348. The molecule has 3 N–H and O–H groups in total. The molecule has 2 aromatic rings. The van der Waals surface area contributed by atoms with Crippen LogP contribution in [0.5, 0.6) is 0 Å². The summed E-state index contributed by atoms with van der Waals surface area (Å²) in [5.74, 6) is -0.0868. The third-order valence-electron chi connectivity index (χ3n) is 4.84. The van der Waals surface area contributed by atoms with Gasteiger partial charge in [0.25, 0.3) is 5.91 Å². The van der Waals surface area contributed by atoms with Gasteiger partial charge in [0, 0.05) is 25.6 Å². The van der Waals surface area contributed by atoms with E-state index in [0.717, 1.165) is 30.6 Å². The van der Waals surface area contributed by atoms with Gasteiger partial charge in [0.1, 0.15) is 0 Å². The number of carbonyl (C=O) groups excluding carboxylic acids is 2. The van der Waals surface area contributed by atoms with Crippen LogP contribution in [0.1, 0.15) is 41.3 Å². The van der Waals surface area contributed by atoms with E-state index in [9.17, 15) is 9.59 Å². The molecule has 7 nitrogen and oxygen atoms in total.